The zero-order valence-electron chi connectivity index (χ0n) is 22.1. The van der Waals surface area contributed by atoms with E-state index < -0.39 is 0 Å². The second-order valence-corrected chi connectivity index (χ2v) is 11.0. The molecule has 0 unspecified atom stereocenters. The zero-order valence-corrected chi connectivity index (χ0v) is 22.9. The summed E-state index contributed by atoms with van der Waals surface area (Å²) in [6.07, 6.45) is 3.68. The Morgan fingerprint density at radius 1 is 0.585 bits per heavy atom. The molecule has 0 N–H and O–H groups in total. The fourth-order valence-electron chi connectivity index (χ4n) is 5.64. The number of benzene rings is 5. The maximum atomic E-state index is 4.82. The average Bonchev–Trinajstić information content (AvgIpc) is 3.62. The van der Waals surface area contributed by atoms with Gasteiger partial charge in [-0.25, -0.2) is 4.98 Å². The lowest BCUT2D eigenvalue weighted by Gasteiger charge is -2.25. The van der Waals surface area contributed by atoms with Crippen LogP contribution in [0.2, 0.25) is 0 Å². The molecule has 0 spiro atoms. The number of thiazole rings is 1. The highest BCUT2D eigenvalue weighted by Gasteiger charge is 2.17. The van der Waals surface area contributed by atoms with Crippen molar-refractivity contribution in [3.63, 3.8) is 0 Å². The Balaban J connectivity index is 1.27. The first kappa shape index (κ1) is 23.6. The third-order valence-corrected chi connectivity index (χ3v) is 8.56. The molecule has 0 atom stereocenters. The molecular weight excluding hydrogens is 520 g/mol. The number of fused-ring (bicyclic) bond motifs is 4. The van der Waals surface area contributed by atoms with E-state index in [-0.39, 0.29) is 0 Å². The first-order chi connectivity index (χ1) is 20.3. The van der Waals surface area contributed by atoms with Gasteiger partial charge in [-0.05, 0) is 78.9 Å². The molecule has 0 amide bonds. The van der Waals surface area contributed by atoms with Gasteiger partial charge in [-0.3, -0.25) is 4.98 Å². The van der Waals surface area contributed by atoms with Crippen molar-refractivity contribution in [2.75, 3.05) is 4.90 Å². The number of nitrogens with zero attached hydrogens (tertiary/aromatic N) is 4. The van der Waals surface area contributed by atoms with E-state index in [0.717, 1.165) is 43.5 Å². The van der Waals surface area contributed by atoms with Gasteiger partial charge >= 0.3 is 0 Å². The van der Waals surface area contributed by atoms with Gasteiger partial charge in [0.2, 0.25) is 0 Å². The highest BCUT2D eigenvalue weighted by molar-refractivity contribution is 7.21. The number of aromatic nitrogens is 3. The average molecular weight is 545 g/mol. The predicted octanol–water partition coefficient (Wildman–Crippen LogP) is 9.93. The number of para-hydroxylation sites is 3. The Bertz CT molecular complexity index is 2070. The van der Waals surface area contributed by atoms with E-state index in [9.17, 15) is 0 Å². The van der Waals surface area contributed by atoms with Gasteiger partial charge in [0, 0.05) is 51.5 Å². The molecule has 5 aromatic carbocycles. The van der Waals surface area contributed by atoms with Gasteiger partial charge in [0.05, 0.1) is 21.3 Å². The number of pyridine rings is 1. The summed E-state index contributed by atoms with van der Waals surface area (Å²) in [6, 6.07) is 47.2. The van der Waals surface area contributed by atoms with E-state index in [1.807, 2.05) is 12.3 Å². The summed E-state index contributed by atoms with van der Waals surface area (Å²) >= 11 is 1.67. The normalized spacial score (nSPS) is 11.4. The molecule has 0 aliphatic rings. The summed E-state index contributed by atoms with van der Waals surface area (Å²) in [5, 5.41) is 3.46. The van der Waals surface area contributed by atoms with Crippen molar-refractivity contribution in [3.05, 3.63) is 146 Å². The van der Waals surface area contributed by atoms with E-state index in [0.29, 0.717) is 0 Å². The molecule has 41 heavy (non-hydrogen) atoms. The first-order valence-electron chi connectivity index (χ1n) is 13.6. The van der Waals surface area contributed by atoms with Crippen LogP contribution in [-0.2, 0) is 0 Å². The van der Waals surface area contributed by atoms with Crippen molar-refractivity contribution in [1.29, 1.82) is 0 Å². The van der Waals surface area contributed by atoms with Crippen LogP contribution in [0, 0.1) is 0 Å². The van der Waals surface area contributed by atoms with Crippen molar-refractivity contribution < 1.29 is 0 Å². The molecule has 0 aliphatic heterocycles. The maximum absolute atomic E-state index is 4.82. The molecule has 4 nitrogen and oxygen atoms in total. The summed E-state index contributed by atoms with van der Waals surface area (Å²) in [4.78, 5) is 11.4. The molecule has 3 heterocycles. The van der Waals surface area contributed by atoms with Crippen LogP contribution in [0.4, 0.5) is 17.1 Å². The molecule has 8 aromatic rings. The Labute approximate surface area is 241 Å². The van der Waals surface area contributed by atoms with Crippen LogP contribution in [0.15, 0.2) is 146 Å². The van der Waals surface area contributed by atoms with Crippen LogP contribution in [0.5, 0.6) is 0 Å². The quantitative estimate of drug-likeness (QED) is 0.216. The minimum atomic E-state index is 0.988. The van der Waals surface area contributed by atoms with Crippen LogP contribution >= 0.6 is 11.3 Å². The summed E-state index contributed by atoms with van der Waals surface area (Å²) < 4.78 is 3.46. The second kappa shape index (κ2) is 9.73. The van der Waals surface area contributed by atoms with Crippen molar-refractivity contribution in [2.45, 2.75) is 0 Å². The van der Waals surface area contributed by atoms with Gasteiger partial charge in [-0.15, -0.1) is 11.3 Å². The predicted molar refractivity (Wildman–Crippen MR) is 172 cm³/mol. The number of hydrogen-bond donors (Lipinski definition) is 0. The smallest absolute Gasteiger partial charge is 0.124 e. The van der Waals surface area contributed by atoms with Crippen molar-refractivity contribution in [2.24, 2.45) is 0 Å². The molecule has 0 bridgehead atoms. The Morgan fingerprint density at radius 2 is 1.27 bits per heavy atom. The lowest BCUT2D eigenvalue weighted by atomic mass is 10.1. The third-order valence-electron chi connectivity index (χ3n) is 7.51. The molecular formula is C36H24N4S. The second-order valence-electron chi connectivity index (χ2n) is 9.97. The van der Waals surface area contributed by atoms with Gasteiger partial charge in [0.25, 0.3) is 0 Å². The summed E-state index contributed by atoms with van der Waals surface area (Å²) in [5.41, 5.74) is 8.96. The van der Waals surface area contributed by atoms with Gasteiger partial charge < -0.3 is 9.47 Å². The van der Waals surface area contributed by atoms with Crippen molar-refractivity contribution >= 4 is 60.4 Å². The van der Waals surface area contributed by atoms with E-state index >= 15 is 0 Å². The summed E-state index contributed by atoms with van der Waals surface area (Å²) in [6.45, 7) is 0. The van der Waals surface area contributed by atoms with Crippen LogP contribution < -0.4 is 4.90 Å². The van der Waals surface area contributed by atoms with Gasteiger partial charge in [0.1, 0.15) is 5.01 Å². The largest absolute Gasteiger partial charge is 0.310 e. The molecule has 0 aliphatic carbocycles. The van der Waals surface area contributed by atoms with Crippen LogP contribution in [-0.4, -0.2) is 14.5 Å². The van der Waals surface area contributed by atoms with Crippen molar-refractivity contribution in [1.82, 2.24) is 14.5 Å². The van der Waals surface area contributed by atoms with E-state index in [1.165, 1.54) is 21.8 Å². The van der Waals surface area contributed by atoms with E-state index in [2.05, 4.69) is 142 Å². The summed E-state index contributed by atoms with van der Waals surface area (Å²) in [7, 11) is 0. The lowest BCUT2D eigenvalue weighted by molar-refractivity contribution is 1.18. The highest BCUT2D eigenvalue weighted by Crippen LogP contribution is 2.39. The van der Waals surface area contributed by atoms with Gasteiger partial charge in [-0.1, -0.05) is 54.6 Å². The van der Waals surface area contributed by atoms with E-state index in [4.69, 9.17) is 4.98 Å². The molecule has 0 saturated carbocycles. The van der Waals surface area contributed by atoms with Crippen LogP contribution in [0.1, 0.15) is 0 Å². The monoisotopic (exact) mass is 544 g/mol. The highest BCUT2D eigenvalue weighted by atomic mass is 32.1. The summed E-state index contributed by atoms with van der Waals surface area (Å²) in [5.74, 6) is 0. The minimum Gasteiger partial charge on any atom is -0.310 e. The molecule has 8 rings (SSSR count). The Kier molecular flexibility index (Phi) is 5.61. The number of hydrogen-bond acceptors (Lipinski definition) is 4. The van der Waals surface area contributed by atoms with Crippen LogP contribution in [0.25, 0.3) is 48.3 Å². The standard InChI is InChI=1S/C36H24N4S/c1-3-9-26(10-4-1)39(27-11-5-2-6-12-27)29-19-20-34-31(23-29)30-13-7-8-14-33(30)40(34)28-17-15-25(16-18-28)36-38-32-21-22-37-24-35(32)41-36/h1-24H. The molecule has 0 radical (unpaired) electrons. The van der Waals surface area contributed by atoms with Crippen molar-refractivity contribution in [3.8, 4) is 16.3 Å². The Morgan fingerprint density at radius 3 is 2.00 bits per heavy atom. The first-order valence-corrected chi connectivity index (χ1v) is 14.4. The SMILES string of the molecule is c1ccc(N(c2ccccc2)c2ccc3c(c2)c2ccccc2n3-c2ccc(-c3nc4ccncc4s3)cc2)cc1. The molecule has 5 heteroatoms. The number of anilines is 3. The van der Waals surface area contributed by atoms with E-state index in [1.54, 1.807) is 17.5 Å². The molecule has 0 saturated heterocycles. The van der Waals surface area contributed by atoms with Crippen LogP contribution in [0.3, 0.4) is 0 Å². The molecule has 194 valence electrons. The van der Waals surface area contributed by atoms with Gasteiger partial charge in [-0.2, -0.15) is 0 Å². The Hall–Kier alpha value is -5.26. The fourth-order valence-corrected chi connectivity index (χ4v) is 6.57. The maximum Gasteiger partial charge on any atom is 0.124 e. The minimum absolute atomic E-state index is 0.988. The topological polar surface area (TPSA) is 34.0 Å². The molecule has 0 fully saturated rings. The molecule has 3 aromatic heterocycles. The zero-order chi connectivity index (χ0) is 27.2. The number of rotatable bonds is 5. The fraction of sp³-hybridized carbons (Fsp3) is 0. The third kappa shape index (κ3) is 4.06. The van der Waals surface area contributed by atoms with Gasteiger partial charge in [0.15, 0.2) is 0 Å². The lowest BCUT2D eigenvalue weighted by Crippen LogP contribution is -2.09.